The molecule has 2 nitrogen and oxygen atoms in total. The molecule has 2 N–H and O–H groups in total. The third-order valence-electron chi connectivity index (χ3n) is 2.47. The summed E-state index contributed by atoms with van der Waals surface area (Å²) in [6.07, 6.45) is 1.75. The Balaban J connectivity index is 2.94. The van der Waals surface area contributed by atoms with Crippen LogP contribution >= 0.6 is 0 Å². The third-order valence-corrected chi connectivity index (χ3v) is 2.47. The maximum absolute atomic E-state index is 5.84. The van der Waals surface area contributed by atoms with Crippen molar-refractivity contribution in [3.8, 4) is 0 Å². The number of fused-ring (bicyclic) bond motifs is 1. The number of aryl methyl sites for hydroxylation is 2. The average molecular weight is 172 g/mol. The number of hydrogen-bond acceptors (Lipinski definition) is 2. The highest BCUT2D eigenvalue weighted by Crippen LogP contribution is 2.23. The second-order valence-corrected chi connectivity index (χ2v) is 3.30. The van der Waals surface area contributed by atoms with Crippen LogP contribution in [0.3, 0.4) is 0 Å². The quantitative estimate of drug-likeness (QED) is 0.662. The lowest BCUT2D eigenvalue weighted by atomic mass is 10.0. The summed E-state index contributed by atoms with van der Waals surface area (Å²) < 4.78 is 0. The highest BCUT2D eigenvalue weighted by molar-refractivity contribution is 5.92. The minimum Gasteiger partial charge on any atom is -0.398 e. The highest BCUT2D eigenvalue weighted by Gasteiger charge is 2.02. The van der Waals surface area contributed by atoms with Gasteiger partial charge in [0.2, 0.25) is 0 Å². The van der Waals surface area contributed by atoms with E-state index >= 15 is 0 Å². The summed E-state index contributed by atoms with van der Waals surface area (Å²) in [6.45, 7) is 4.16. The van der Waals surface area contributed by atoms with Gasteiger partial charge in [0.05, 0.1) is 5.52 Å². The molecule has 0 aliphatic carbocycles. The number of nitrogens with zero attached hydrogens (tertiary/aromatic N) is 1. The fourth-order valence-electron chi connectivity index (χ4n) is 1.48. The molecular weight excluding hydrogens is 160 g/mol. The molecular formula is C11H12N2. The maximum atomic E-state index is 5.84. The molecule has 0 saturated carbocycles. The van der Waals surface area contributed by atoms with E-state index in [1.54, 1.807) is 6.20 Å². The molecule has 0 aliphatic rings. The normalized spacial score (nSPS) is 10.6. The van der Waals surface area contributed by atoms with Gasteiger partial charge in [0.25, 0.3) is 0 Å². The maximum Gasteiger partial charge on any atom is 0.0754 e. The molecule has 0 amide bonds. The van der Waals surface area contributed by atoms with Gasteiger partial charge in [-0.2, -0.15) is 0 Å². The van der Waals surface area contributed by atoms with Crippen molar-refractivity contribution in [1.82, 2.24) is 4.98 Å². The van der Waals surface area contributed by atoms with Crippen LogP contribution in [0.2, 0.25) is 0 Å². The van der Waals surface area contributed by atoms with E-state index in [1.165, 1.54) is 11.1 Å². The Morgan fingerprint density at radius 1 is 1.15 bits per heavy atom. The Morgan fingerprint density at radius 3 is 2.69 bits per heavy atom. The van der Waals surface area contributed by atoms with Crippen molar-refractivity contribution in [2.24, 2.45) is 0 Å². The van der Waals surface area contributed by atoms with Gasteiger partial charge in [-0.15, -0.1) is 0 Å². The molecule has 66 valence electrons. The number of rotatable bonds is 0. The summed E-state index contributed by atoms with van der Waals surface area (Å²) in [5, 5.41) is 1.05. The lowest BCUT2D eigenvalue weighted by Gasteiger charge is -2.05. The zero-order chi connectivity index (χ0) is 9.42. The van der Waals surface area contributed by atoms with E-state index in [9.17, 15) is 0 Å². The van der Waals surface area contributed by atoms with Gasteiger partial charge >= 0.3 is 0 Å². The number of aromatic nitrogens is 1. The molecule has 2 rings (SSSR count). The fourth-order valence-corrected chi connectivity index (χ4v) is 1.48. The summed E-state index contributed by atoms with van der Waals surface area (Å²) in [6, 6.07) is 5.94. The molecule has 2 aromatic rings. The van der Waals surface area contributed by atoms with Crippen LogP contribution in [0.4, 0.5) is 5.69 Å². The Hall–Kier alpha value is -1.57. The Labute approximate surface area is 77.4 Å². The molecule has 1 aromatic carbocycles. The predicted molar refractivity (Wildman–Crippen MR) is 55.6 cm³/mol. The molecule has 0 fully saturated rings. The molecule has 13 heavy (non-hydrogen) atoms. The Bertz CT molecular complexity index is 461. The Kier molecular flexibility index (Phi) is 1.69. The number of anilines is 1. The summed E-state index contributed by atoms with van der Waals surface area (Å²) in [5.74, 6) is 0. The zero-order valence-corrected chi connectivity index (χ0v) is 7.83. The first kappa shape index (κ1) is 8.05. The summed E-state index contributed by atoms with van der Waals surface area (Å²) in [4.78, 5) is 4.32. The first-order valence-electron chi connectivity index (χ1n) is 4.30. The van der Waals surface area contributed by atoms with E-state index < -0.39 is 0 Å². The van der Waals surface area contributed by atoms with Crippen LogP contribution in [-0.4, -0.2) is 4.98 Å². The zero-order valence-electron chi connectivity index (χ0n) is 7.83. The molecule has 1 aromatic heterocycles. The van der Waals surface area contributed by atoms with Crippen molar-refractivity contribution in [2.75, 3.05) is 5.73 Å². The first-order valence-corrected chi connectivity index (χ1v) is 4.30. The van der Waals surface area contributed by atoms with Crippen molar-refractivity contribution in [3.05, 3.63) is 35.5 Å². The number of nitrogens with two attached hydrogens (primary N) is 1. The van der Waals surface area contributed by atoms with Gasteiger partial charge in [-0.3, -0.25) is 4.98 Å². The van der Waals surface area contributed by atoms with Crippen molar-refractivity contribution in [2.45, 2.75) is 13.8 Å². The Morgan fingerprint density at radius 2 is 1.92 bits per heavy atom. The molecule has 0 spiro atoms. The summed E-state index contributed by atoms with van der Waals surface area (Å²) >= 11 is 0. The van der Waals surface area contributed by atoms with Gasteiger partial charge in [0, 0.05) is 17.3 Å². The lowest BCUT2D eigenvalue weighted by molar-refractivity contribution is 1.31. The second-order valence-electron chi connectivity index (χ2n) is 3.30. The topological polar surface area (TPSA) is 38.9 Å². The van der Waals surface area contributed by atoms with Gasteiger partial charge in [-0.1, -0.05) is 12.1 Å². The minimum atomic E-state index is 0.799. The fraction of sp³-hybridized carbons (Fsp3) is 0.182. The van der Waals surface area contributed by atoms with Gasteiger partial charge in [0.1, 0.15) is 0 Å². The van der Waals surface area contributed by atoms with Crippen molar-refractivity contribution >= 4 is 16.6 Å². The van der Waals surface area contributed by atoms with Crippen LogP contribution in [0.1, 0.15) is 11.1 Å². The second kappa shape index (κ2) is 2.73. The molecule has 0 bridgehead atoms. The molecule has 2 heteroatoms. The number of pyridine rings is 1. The third kappa shape index (κ3) is 1.15. The van der Waals surface area contributed by atoms with E-state index in [4.69, 9.17) is 5.73 Å². The lowest BCUT2D eigenvalue weighted by Crippen LogP contribution is -1.92. The van der Waals surface area contributed by atoms with Crippen molar-refractivity contribution in [1.29, 1.82) is 0 Å². The molecule has 0 atom stereocenters. The van der Waals surface area contributed by atoms with Gasteiger partial charge in [-0.05, 0) is 31.0 Å². The minimum absolute atomic E-state index is 0.799. The standard InChI is InChI=1S/C11H12N2/c1-7-3-4-9-10(12)5-6-13-11(9)8(7)2/h3-6H,1-2H3,(H2,12,13). The van der Waals surface area contributed by atoms with Crippen LogP contribution in [0, 0.1) is 13.8 Å². The highest BCUT2D eigenvalue weighted by atomic mass is 14.7. The summed E-state index contributed by atoms with van der Waals surface area (Å²) in [5.41, 5.74) is 10.1. The molecule has 1 heterocycles. The summed E-state index contributed by atoms with van der Waals surface area (Å²) in [7, 11) is 0. The van der Waals surface area contributed by atoms with Crippen LogP contribution < -0.4 is 5.73 Å². The van der Waals surface area contributed by atoms with Gasteiger partial charge < -0.3 is 5.73 Å². The van der Waals surface area contributed by atoms with E-state index in [1.807, 2.05) is 12.1 Å². The van der Waals surface area contributed by atoms with Gasteiger partial charge in [0.15, 0.2) is 0 Å². The predicted octanol–water partition coefficient (Wildman–Crippen LogP) is 2.43. The SMILES string of the molecule is Cc1ccc2c(N)ccnc2c1C. The van der Waals surface area contributed by atoms with Crippen LogP contribution in [0.15, 0.2) is 24.4 Å². The number of nitrogen functional groups attached to an aromatic ring is 1. The van der Waals surface area contributed by atoms with E-state index in [0.717, 1.165) is 16.6 Å². The number of hydrogen-bond donors (Lipinski definition) is 1. The number of benzene rings is 1. The smallest absolute Gasteiger partial charge is 0.0754 e. The monoisotopic (exact) mass is 172 g/mol. The van der Waals surface area contributed by atoms with Crippen LogP contribution in [-0.2, 0) is 0 Å². The van der Waals surface area contributed by atoms with Crippen LogP contribution in [0.5, 0.6) is 0 Å². The van der Waals surface area contributed by atoms with E-state index in [0.29, 0.717) is 0 Å². The molecule has 0 unspecified atom stereocenters. The van der Waals surface area contributed by atoms with Gasteiger partial charge in [-0.25, -0.2) is 0 Å². The molecule has 0 aliphatic heterocycles. The van der Waals surface area contributed by atoms with E-state index in [2.05, 4.69) is 24.9 Å². The van der Waals surface area contributed by atoms with Crippen molar-refractivity contribution in [3.63, 3.8) is 0 Å². The molecule has 0 saturated heterocycles. The largest absolute Gasteiger partial charge is 0.398 e. The van der Waals surface area contributed by atoms with Crippen LogP contribution in [0.25, 0.3) is 10.9 Å². The molecule has 0 radical (unpaired) electrons. The first-order chi connectivity index (χ1) is 6.20. The van der Waals surface area contributed by atoms with Crippen molar-refractivity contribution < 1.29 is 0 Å². The van der Waals surface area contributed by atoms with E-state index in [-0.39, 0.29) is 0 Å². The average Bonchev–Trinajstić information content (AvgIpc) is 2.12.